The minimum Gasteiger partial charge on any atom is -0.377 e. The lowest BCUT2D eigenvalue weighted by atomic mass is 9.68. The molecule has 3 fully saturated rings. The third kappa shape index (κ3) is 4.60. The maximum atomic E-state index is 16.0. The lowest BCUT2D eigenvalue weighted by Gasteiger charge is -2.49. The number of hydrogen-bond donors (Lipinski definition) is 5. The number of ether oxygens (including phenoxy) is 1. The van der Waals surface area contributed by atoms with Crippen LogP contribution in [-0.2, 0) is 4.74 Å². The molecule has 28 heavy (non-hydrogen) atoms. The summed E-state index contributed by atoms with van der Waals surface area (Å²) in [5.41, 5.74) is 1.27. The van der Waals surface area contributed by atoms with E-state index in [1.807, 2.05) is 7.05 Å². The van der Waals surface area contributed by atoms with Gasteiger partial charge in [-0.25, -0.2) is 4.39 Å². The smallest absolute Gasteiger partial charge is 0.124 e. The average molecular weight is 396 g/mol. The van der Waals surface area contributed by atoms with Crippen molar-refractivity contribution >= 4 is 0 Å². The Kier molecular flexibility index (Phi) is 7.02. The summed E-state index contributed by atoms with van der Waals surface area (Å²) in [7, 11) is 1.97. The van der Waals surface area contributed by atoms with Gasteiger partial charge in [-0.1, -0.05) is 11.6 Å². The predicted octanol–water partition coefficient (Wildman–Crippen LogP) is 1.21. The molecule has 8 unspecified atom stereocenters. The van der Waals surface area contributed by atoms with Gasteiger partial charge in [-0.05, 0) is 65.0 Å². The van der Waals surface area contributed by atoms with Crippen LogP contribution in [0.1, 0.15) is 45.4 Å². The fraction of sp³-hybridized carbons (Fsp3) is 0.905. The molecule has 6 nitrogen and oxygen atoms in total. The Balaban J connectivity index is 1.50. The first-order chi connectivity index (χ1) is 13.7. The zero-order valence-corrected chi connectivity index (χ0v) is 17.3. The van der Waals surface area contributed by atoms with E-state index in [9.17, 15) is 0 Å². The highest BCUT2D eigenvalue weighted by Gasteiger charge is 2.48. The molecular formula is C21H38FN5O. The van der Waals surface area contributed by atoms with Gasteiger partial charge in [-0.2, -0.15) is 0 Å². The van der Waals surface area contributed by atoms with E-state index in [2.05, 4.69) is 39.6 Å². The number of halogens is 1. The molecule has 0 amide bonds. The minimum absolute atomic E-state index is 0.0439. The fourth-order valence-corrected chi connectivity index (χ4v) is 5.64. The lowest BCUT2D eigenvalue weighted by Crippen LogP contribution is -2.69. The second-order valence-corrected chi connectivity index (χ2v) is 9.05. The van der Waals surface area contributed by atoms with Crippen LogP contribution in [0.15, 0.2) is 11.6 Å². The van der Waals surface area contributed by atoms with Crippen LogP contribution in [0, 0.1) is 11.8 Å². The van der Waals surface area contributed by atoms with Gasteiger partial charge in [0.05, 0.1) is 12.3 Å². The van der Waals surface area contributed by atoms with Gasteiger partial charge in [0.2, 0.25) is 0 Å². The number of fused-ring (bicyclic) bond motifs is 1. The summed E-state index contributed by atoms with van der Waals surface area (Å²) in [4.78, 5) is 0. The molecule has 160 valence electrons. The third-order valence-corrected chi connectivity index (χ3v) is 7.03. The highest BCUT2D eigenvalue weighted by molar-refractivity contribution is 5.18. The zero-order valence-electron chi connectivity index (χ0n) is 17.3. The van der Waals surface area contributed by atoms with Gasteiger partial charge >= 0.3 is 0 Å². The van der Waals surface area contributed by atoms with Crippen molar-refractivity contribution in [3.05, 3.63) is 11.6 Å². The molecule has 0 aromatic carbocycles. The van der Waals surface area contributed by atoms with Gasteiger partial charge in [0.25, 0.3) is 0 Å². The Labute approximate surface area is 168 Å². The minimum atomic E-state index is -0.919. The van der Waals surface area contributed by atoms with Crippen molar-refractivity contribution in [2.45, 2.75) is 82.3 Å². The highest BCUT2D eigenvalue weighted by Crippen LogP contribution is 2.43. The Morgan fingerprint density at radius 1 is 1.21 bits per heavy atom. The summed E-state index contributed by atoms with van der Waals surface area (Å²) in [6, 6.07) is 0.230. The molecule has 0 bridgehead atoms. The summed E-state index contributed by atoms with van der Waals surface area (Å²) in [6.45, 7) is 4.83. The van der Waals surface area contributed by atoms with Crippen molar-refractivity contribution in [3.8, 4) is 0 Å². The SMILES string of the molecule is CNC1CC(C)NC(NC2CC3CCCOC3C(C3=CCNCCC3)C2F)N1. The first kappa shape index (κ1) is 20.7. The van der Waals surface area contributed by atoms with Crippen LogP contribution < -0.4 is 26.6 Å². The molecule has 3 heterocycles. The van der Waals surface area contributed by atoms with Crippen LogP contribution in [0.3, 0.4) is 0 Å². The summed E-state index contributed by atoms with van der Waals surface area (Å²) < 4.78 is 22.1. The van der Waals surface area contributed by atoms with E-state index in [0.717, 1.165) is 58.2 Å². The molecule has 0 radical (unpaired) electrons. The number of rotatable bonds is 4. The molecule has 8 atom stereocenters. The van der Waals surface area contributed by atoms with E-state index in [1.165, 1.54) is 5.57 Å². The summed E-state index contributed by atoms with van der Waals surface area (Å²) >= 11 is 0. The Hall–Kier alpha value is -0.570. The van der Waals surface area contributed by atoms with Crippen molar-refractivity contribution in [1.82, 2.24) is 26.6 Å². The molecule has 1 aliphatic carbocycles. The van der Waals surface area contributed by atoms with Crippen molar-refractivity contribution in [3.63, 3.8) is 0 Å². The topological polar surface area (TPSA) is 69.4 Å². The Bertz CT molecular complexity index is 547. The van der Waals surface area contributed by atoms with Crippen molar-refractivity contribution in [2.75, 3.05) is 26.7 Å². The molecule has 2 saturated heterocycles. The molecule has 0 spiro atoms. The van der Waals surface area contributed by atoms with Crippen molar-refractivity contribution < 1.29 is 9.13 Å². The van der Waals surface area contributed by atoms with E-state index in [4.69, 9.17) is 4.74 Å². The first-order valence-electron chi connectivity index (χ1n) is 11.3. The Morgan fingerprint density at radius 2 is 2.11 bits per heavy atom. The quantitative estimate of drug-likeness (QED) is 0.461. The highest BCUT2D eigenvalue weighted by atomic mass is 19.1. The lowest BCUT2D eigenvalue weighted by molar-refractivity contribution is -0.105. The van der Waals surface area contributed by atoms with Crippen LogP contribution in [-0.4, -0.2) is 63.6 Å². The van der Waals surface area contributed by atoms with E-state index < -0.39 is 6.17 Å². The molecular weight excluding hydrogens is 357 g/mol. The van der Waals surface area contributed by atoms with Gasteiger partial charge in [-0.3, -0.25) is 16.0 Å². The van der Waals surface area contributed by atoms with Gasteiger partial charge in [0, 0.05) is 31.2 Å². The van der Waals surface area contributed by atoms with Crippen LogP contribution in [0.2, 0.25) is 0 Å². The van der Waals surface area contributed by atoms with E-state index >= 15 is 4.39 Å². The second kappa shape index (κ2) is 9.49. The molecule has 4 aliphatic rings. The van der Waals surface area contributed by atoms with E-state index in [0.29, 0.717) is 12.0 Å². The molecule has 3 aliphatic heterocycles. The zero-order chi connectivity index (χ0) is 19.5. The standard InChI is InChI=1S/C21H38FN5O/c1-13-11-17(23-2)27-21(25-13)26-16-12-15-6-4-10-28-20(15)18(19(16)22)14-5-3-8-24-9-7-14/h7,13,15-21,23-27H,3-6,8-12H2,1-2H3. The van der Waals surface area contributed by atoms with Crippen LogP contribution in [0.4, 0.5) is 4.39 Å². The number of nitrogens with one attached hydrogen (secondary N) is 5. The Morgan fingerprint density at radius 3 is 2.96 bits per heavy atom. The van der Waals surface area contributed by atoms with Crippen molar-refractivity contribution in [2.24, 2.45) is 11.8 Å². The van der Waals surface area contributed by atoms with Gasteiger partial charge in [0.1, 0.15) is 12.5 Å². The molecule has 1 saturated carbocycles. The monoisotopic (exact) mass is 395 g/mol. The number of hydrogen-bond acceptors (Lipinski definition) is 6. The van der Waals surface area contributed by atoms with Crippen LogP contribution >= 0.6 is 0 Å². The van der Waals surface area contributed by atoms with E-state index in [-0.39, 0.29) is 30.5 Å². The normalized spacial score (nSPS) is 45.0. The largest absolute Gasteiger partial charge is 0.377 e. The average Bonchev–Trinajstić information content (AvgIpc) is 2.97. The third-order valence-electron chi connectivity index (χ3n) is 7.03. The maximum Gasteiger partial charge on any atom is 0.124 e. The summed E-state index contributed by atoms with van der Waals surface area (Å²) in [6.07, 6.45) is 7.70. The van der Waals surface area contributed by atoms with E-state index in [1.54, 1.807) is 0 Å². The molecule has 0 aromatic rings. The van der Waals surface area contributed by atoms with Crippen molar-refractivity contribution in [1.29, 1.82) is 0 Å². The van der Waals surface area contributed by atoms with Gasteiger partial charge in [-0.15, -0.1) is 0 Å². The first-order valence-corrected chi connectivity index (χ1v) is 11.3. The molecule has 7 heteroatoms. The van der Waals surface area contributed by atoms with Crippen LogP contribution in [0.25, 0.3) is 0 Å². The maximum absolute atomic E-state index is 16.0. The fourth-order valence-electron chi connectivity index (χ4n) is 5.64. The predicted molar refractivity (Wildman–Crippen MR) is 110 cm³/mol. The molecule has 5 N–H and O–H groups in total. The van der Waals surface area contributed by atoms with Gasteiger partial charge < -0.3 is 15.4 Å². The van der Waals surface area contributed by atoms with Crippen LogP contribution in [0.5, 0.6) is 0 Å². The summed E-state index contributed by atoms with van der Waals surface area (Å²) in [5.74, 6) is 0.332. The number of alkyl halides is 1. The molecule has 0 aromatic heterocycles. The van der Waals surface area contributed by atoms with Gasteiger partial charge in [0.15, 0.2) is 0 Å². The molecule has 4 rings (SSSR count). The second-order valence-electron chi connectivity index (χ2n) is 9.05. The summed E-state index contributed by atoms with van der Waals surface area (Å²) in [5, 5.41) is 17.4.